The highest BCUT2D eigenvalue weighted by atomic mass is 16.5. The van der Waals surface area contributed by atoms with Gasteiger partial charge in [0.05, 0.1) is 24.2 Å². The number of hydrogen-bond donors (Lipinski definition) is 2. The molecular formula is C15H17N3O2. The van der Waals surface area contributed by atoms with Gasteiger partial charge in [-0.2, -0.15) is 0 Å². The van der Waals surface area contributed by atoms with Crippen LogP contribution in [-0.2, 0) is 0 Å². The number of nitrogen functional groups attached to an aromatic ring is 1. The molecule has 1 heterocycles. The molecule has 104 valence electrons. The molecule has 0 atom stereocenters. The maximum absolute atomic E-state index is 12.1. The maximum atomic E-state index is 12.1. The molecule has 0 saturated carbocycles. The summed E-state index contributed by atoms with van der Waals surface area (Å²) in [5.41, 5.74) is 7.00. The summed E-state index contributed by atoms with van der Waals surface area (Å²) >= 11 is 0. The third-order valence-corrected chi connectivity index (χ3v) is 2.62. The number of carbonyl (C=O) groups is 1. The second-order valence-corrected chi connectivity index (χ2v) is 4.28. The lowest BCUT2D eigenvalue weighted by Crippen LogP contribution is -2.14. The van der Waals surface area contributed by atoms with E-state index < -0.39 is 0 Å². The van der Waals surface area contributed by atoms with Crippen LogP contribution in [0.15, 0.2) is 42.6 Å². The highest BCUT2D eigenvalue weighted by Gasteiger charge is 2.10. The van der Waals surface area contributed by atoms with Crippen molar-refractivity contribution in [1.82, 2.24) is 4.98 Å². The van der Waals surface area contributed by atoms with Gasteiger partial charge < -0.3 is 15.8 Å². The van der Waals surface area contributed by atoms with Crippen molar-refractivity contribution >= 4 is 17.3 Å². The van der Waals surface area contributed by atoms with E-state index in [4.69, 9.17) is 10.5 Å². The molecule has 1 aromatic carbocycles. The van der Waals surface area contributed by atoms with Crippen LogP contribution in [0.5, 0.6) is 5.75 Å². The van der Waals surface area contributed by atoms with E-state index in [2.05, 4.69) is 10.3 Å². The number of hydrogen-bond acceptors (Lipinski definition) is 4. The van der Waals surface area contributed by atoms with Crippen LogP contribution >= 0.6 is 0 Å². The Labute approximate surface area is 117 Å². The monoisotopic (exact) mass is 271 g/mol. The molecule has 0 bridgehead atoms. The lowest BCUT2D eigenvalue weighted by Gasteiger charge is -2.11. The summed E-state index contributed by atoms with van der Waals surface area (Å²) in [6, 6.07) is 10.5. The first-order valence-corrected chi connectivity index (χ1v) is 6.45. The Morgan fingerprint density at radius 3 is 2.80 bits per heavy atom. The summed E-state index contributed by atoms with van der Waals surface area (Å²) in [6.07, 6.45) is 2.36. The van der Waals surface area contributed by atoms with Gasteiger partial charge in [-0.25, -0.2) is 4.98 Å². The molecule has 0 unspecified atom stereocenters. The fraction of sp³-hybridized carbons (Fsp3) is 0.200. The molecule has 2 aromatic rings. The first-order chi connectivity index (χ1) is 9.70. The second kappa shape index (κ2) is 6.56. The number of ether oxygens (including phenoxy) is 1. The Hall–Kier alpha value is -2.56. The number of amides is 1. The van der Waals surface area contributed by atoms with Crippen LogP contribution < -0.4 is 15.8 Å². The molecular weight excluding hydrogens is 254 g/mol. The minimum absolute atomic E-state index is 0.294. The van der Waals surface area contributed by atoms with Gasteiger partial charge in [0.15, 0.2) is 0 Å². The van der Waals surface area contributed by atoms with E-state index in [-0.39, 0.29) is 5.91 Å². The molecule has 0 aliphatic carbocycles. The summed E-state index contributed by atoms with van der Waals surface area (Å²) in [5, 5.41) is 2.79. The predicted octanol–water partition coefficient (Wildman–Crippen LogP) is 2.70. The van der Waals surface area contributed by atoms with Gasteiger partial charge in [0.1, 0.15) is 11.4 Å². The van der Waals surface area contributed by atoms with Crippen LogP contribution in [0, 0.1) is 0 Å². The van der Waals surface area contributed by atoms with Crippen molar-refractivity contribution in [3.05, 3.63) is 48.3 Å². The minimum Gasteiger partial charge on any atom is -0.491 e. The van der Waals surface area contributed by atoms with Crippen molar-refractivity contribution in [2.45, 2.75) is 13.3 Å². The summed E-state index contributed by atoms with van der Waals surface area (Å²) in [5.74, 6) is 0.357. The lowest BCUT2D eigenvalue weighted by atomic mass is 10.2. The maximum Gasteiger partial charge on any atom is 0.274 e. The van der Waals surface area contributed by atoms with Gasteiger partial charge in [-0.05, 0) is 30.7 Å². The Bertz CT molecular complexity index is 582. The van der Waals surface area contributed by atoms with E-state index in [0.29, 0.717) is 29.4 Å². The highest BCUT2D eigenvalue weighted by molar-refractivity contribution is 6.03. The normalized spacial score (nSPS) is 10.1. The van der Waals surface area contributed by atoms with E-state index in [9.17, 15) is 4.79 Å². The molecule has 20 heavy (non-hydrogen) atoms. The topological polar surface area (TPSA) is 77.2 Å². The smallest absolute Gasteiger partial charge is 0.274 e. The summed E-state index contributed by atoms with van der Waals surface area (Å²) in [4.78, 5) is 16.1. The molecule has 0 spiro atoms. The predicted molar refractivity (Wildman–Crippen MR) is 78.8 cm³/mol. The van der Waals surface area contributed by atoms with E-state index in [0.717, 1.165) is 6.42 Å². The van der Waals surface area contributed by atoms with Crippen LogP contribution in [0.2, 0.25) is 0 Å². The van der Waals surface area contributed by atoms with Gasteiger partial charge in [-0.3, -0.25) is 4.79 Å². The van der Waals surface area contributed by atoms with Crippen molar-refractivity contribution < 1.29 is 9.53 Å². The van der Waals surface area contributed by atoms with Crippen molar-refractivity contribution in [3.8, 4) is 5.75 Å². The quantitative estimate of drug-likeness (QED) is 0.876. The molecule has 0 aliphatic rings. The first kappa shape index (κ1) is 13.9. The van der Waals surface area contributed by atoms with Gasteiger partial charge >= 0.3 is 0 Å². The number of carbonyl (C=O) groups excluding carboxylic acids is 1. The van der Waals surface area contributed by atoms with Crippen molar-refractivity contribution in [3.63, 3.8) is 0 Å². The third kappa shape index (κ3) is 3.47. The van der Waals surface area contributed by atoms with Gasteiger partial charge in [-0.1, -0.05) is 19.1 Å². The Morgan fingerprint density at radius 2 is 2.10 bits per heavy atom. The highest BCUT2D eigenvalue weighted by Crippen LogP contribution is 2.24. The van der Waals surface area contributed by atoms with Crippen LogP contribution in [0.25, 0.3) is 0 Å². The number of pyridine rings is 1. The number of anilines is 2. The number of benzene rings is 1. The third-order valence-electron chi connectivity index (χ3n) is 2.62. The van der Waals surface area contributed by atoms with Crippen LogP contribution in [0.1, 0.15) is 23.8 Å². The van der Waals surface area contributed by atoms with Crippen molar-refractivity contribution in [1.29, 1.82) is 0 Å². The van der Waals surface area contributed by atoms with E-state index >= 15 is 0 Å². The first-order valence-electron chi connectivity index (χ1n) is 6.45. The zero-order valence-electron chi connectivity index (χ0n) is 11.3. The van der Waals surface area contributed by atoms with E-state index in [1.165, 1.54) is 6.20 Å². The Balaban J connectivity index is 2.13. The fourth-order valence-corrected chi connectivity index (χ4v) is 1.63. The van der Waals surface area contributed by atoms with Crippen molar-refractivity contribution in [2.24, 2.45) is 0 Å². The summed E-state index contributed by atoms with van der Waals surface area (Å²) in [7, 11) is 0. The Kier molecular flexibility index (Phi) is 4.55. The van der Waals surface area contributed by atoms with Gasteiger partial charge in [0, 0.05) is 0 Å². The molecule has 0 aliphatic heterocycles. The molecule has 1 aromatic heterocycles. The van der Waals surface area contributed by atoms with Crippen LogP contribution in [0.4, 0.5) is 11.4 Å². The van der Waals surface area contributed by atoms with Crippen molar-refractivity contribution in [2.75, 3.05) is 17.7 Å². The lowest BCUT2D eigenvalue weighted by molar-refractivity contribution is 0.102. The largest absolute Gasteiger partial charge is 0.491 e. The minimum atomic E-state index is -0.294. The van der Waals surface area contributed by atoms with Crippen LogP contribution in [-0.4, -0.2) is 17.5 Å². The fourth-order valence-electron chi connectivity index (χ4n) is 1.63. The molecule has 2 rings (SSSR count). The van der Waals surface area contributed by atoms with Gasteiger partial charge in [0.25, 0.3) is 5.91 Å². The standard InChI is InChI=1S/C15H17N3O2/c1-2-9-20-14-6-4-3-5-12(14)18-15(19)13-8-7-11(16)10-17-13/h3-8,10H,2,9,16H2,1H3,(H,18,19). The molecule has 0 fully saturated rings. The zero-order valence-corrected chi connectivity index (χ0v) is 11.3. The van der Waals surface area contributed by atoms with E-state index in [1.54, 1.807) is 18.2 Å². The number of aromatic nitrogens is 1. The Morgan fingerprint density at radius 1 is 1.30 bits per heavy atom. The SMILES string of the molecule is CCCOc1ccccc1NC(=O)c1ccc(N)cn1. The zero-order chi connectivity index (χ0) is 14.4. The van der Waals surface area contributed by atoms with E-state index in [1.807, 2.05) is 25.1 Å². The van der Waals surface area contributed by atoms with Gasteiger partial charge in [-0.15, -0.1) is 0 Å². The number of nitrogens with two attached hydrogens (primary N) is 1. The molecule has 0 radical (unpaired) electrons. The summed E-state index contributed by atoms with van der Waals surface area (Å²) < 4.78 is 5.59. The molecule has 5 nitrogen and oxygen atoms in total. The average Bonchev–Trinajstić information content (AvgIpc) is 2.47. The molecule has 3 N–H and O–H groups in total. The average molecular weight is 271 g/mol. The van der Waals surface area contributed by atoms with Gasteiger partial charge in [0.2, 0.25) is 0 Å². The second-order valence-electron chi connectivity index (χ2n) is 4.28. The number of nitrogens with zero attached hydrogens (tertiary/aromatic N) is 1. The molecule has 0 saturated heterocycles. The number of nitrogens with one attached hydrogen (secondary N) is 1. The van der Waals surface area contributed by atoms with Crippen LogP contribution in [0.3, 0.4) is 0 Å². The summed E-state index contributed by atoms with van der Waals surface area (Å²) in [6.45, 7) is 2.63. The number of para-hydroxylation sites is 2. The molecule has 1 amide bonds. The molecule has 5 heteroatoms. The number of rotatable bonds is 5.